The molecule has 0 aliphatic rings. The first-order chi connectivity index (χ1) is 9.69. The molecular formula is C16H28N2O2. The van der Waals surface area contributed by atoms with Gasteiger partial charge in [0.2, 0.25) is 0 Å². The van der Waals surface area contributed by atoms with Crippen molar-refractivity contribution in [2.24, 2.45) is 0 Å². The van der Waals surface area contributed by atoms with Gasteiger partial charge in [-0.3, -0.25) is 9.78 Å². The lowest BCUT2D eigenvalue weighted by molar-refractivity contribution is 0.530. The molecule has 0 unspecified atom stereocenters. The molecule has 0 saturated carbocycles. The molecule has 4 nitrogen and oxygen atoms in total. The van der Waals surface area contributed by atoms with Crippen LogP contribution in [0.3, 0.4) is 0 Å². The molecule has 114 valence electrons. The third-order valence-corrected chi connectivity index (χ3v) is 3.72. The Morgan fingerprint density at radius 3 is 2.15 bits per heavy atom. The fraction of sp³-hybridized carbons (Fsp3) is 0.750. The quantitative estimate of drug-likeness (QED) is 0.669. The number of aromatic nitrogens is 2. The predicted octanol–water partition coefficient (Wildman–Crippen LogP) is 3.24. The van der Waals surface area contributed by atoms with Crippen molar-refractivity contribution in [2.75, 3.05) is 0 Å². The summed E-state index contributed by atoms with van der Waals surface area (Å²) >= 11 is 0. The lowest BCUT2D eigenvalue weighted by Crippen LogP contribution is -2.31. The molecule has 1 rings (SSSR count). The topological polar surface area (TPSA) is 54.9 Å². The Labute approximate surface area is 121 Å². The predicted molar refractivity (Wildman–Crippen MR) is 83.3 cm³/mol. The van der Waals surface area contributed by atoms with E-state index in [2.05, 4.69) is 11.9 Å². The second kappa shape index (κ2) is 9.56. The molecular weight excluding hydrogens is 252 g/mol. The highest BCUT2D eigenvalue weighted by Gasteiger charge is 2.02. The van der Waals surface area contributed by atoms with E-state index in [1.807, 2.05) is 6.92 Å². The van der Waals surface area contributed by atoms with E-state index >= 15 is 0 Å². The summed E-state index contributed by atoms with van der Waals surface area (Å²) in [6.07, 6.45) is 12.4. The van der Waals surface area contributed by atoms with Gasteiger partial charge in [0, 0.05) is 18.3 Å². The molecule has 0 aliphatic carbocycles. The van der Waals surface area contributed by atoms with Gasteiger partial charge in [-0.1, -0.05) is 58.8 Å². The molecule has 0 fully saturated rings. The van der Waals surface area contributed by atoms with Crippen molar-refractivity contribution in [1.82, 2.24) is 9.55 Å². The monoisotopic (exact) mass is 280 g/mol. The first kappa shape index (κ1) is 16.7. The molecule has 0 atom stereocenters. The van der Waals surface area contributed by atoms with Crippen molar-refractivity contribution >= 4 is 0 Å². The number of rotatable bonds is 10. The highest BCUT2D eigenvalue weighted by atomic mass is 16.2. The molecule has 0 aliphatic heterocycles. The van der Waals surface area contributed by atoms with E-state index < -0.39 is 0 Å². The van der Waals surface area contributed by atoms with Gasteiger partial charge in [0.15, 0.2) is 0 Å². The van der Waals surface area contributed by atoms with Crippen LogP contribution in [-0.2, 0) is 13.0 Å². The summed E-state index contributed by atoms with van der Waals surface area (Å²) in [7, 11) is 0. The van der Waals surface area contributed by atoms with Gasteiger partial charge in [-0.2, -0.15) is 0 Å². The van der Waals surface area contributed by atoms with Crippen LogP contribution in [0.4, 0.5) is 0 Å². The summed E-state index contributed by atoms with van der Waals surface area (Å²) < 4.78 is 1.64. The first-order valence-electron chi connectivity index (χ1n) is 8.01. The summed E-state index contributed by atoms with van der Waals surface area (Å²) in [4.78, 5) is 25.5. The average Bonchev–Trinajstić information content (AvgIpc) is 2.43. The van der Waals surface area contributed by atoms with Crippen LogP contribution in [0.25, 0.3) is 0 Å². The van der Waals surface area contributed by atoms with Crippen molar-refractivity contribution in [3.63, 3.8) is 0 Å². The number of unbranched alkanes of at least 4 members (excludes halogenated alkanes) is 7. The van der Waals surface area contributed by atoms with Crippen LogP contribution < -0.4 is 11.2 Å². The van der Waals surface area contributed by atoms with Crippen LogP contribution in [0.2, 0.25) is 0 Å². The van der Waals surface area contributed by atoms with Crippen molar-refractivity contribution < 1.29 is 0 Å². The fourth-order valence-corrected chi connectivity index (χ4v) is 2.39. The summed E-state index contributed by atoms with van der Waals surface area (Å²) in [6, 6.07) is 0. The standard InChI is InChI=1S/C16H28N2O2/c1-3-5-6-7-8-9-10-11-12-18-13-14(4-2)15(19)17-16(18)20/h13H,3-12H2,1-2H3,(H,17,19,20). The number of nitrogens with one attached hydrogen (secondary N) is 1. The molecule has 0 aromatic carbocycles. The van der Waals surface area contributed by atoms with E-state index in [4.69, 9.17) is 0 Å². The summed E-state index contributed by atoms with van der Waals surface area (Å²) in [5.74, 6) is 0. The number of hydrogen-bond acceptors (Lipinski definition) is 2. The van der Waals surface area contributed by atoms with Gasteiger partial charge in [-0.05, 0) is 12.8 Å². The maximum Gasteiger partial charge on any atom is 0.328 e. The molecule has 0 spiro atoms. The van der Waals surface area contributed by atoms with E-state index in [0.717, 1.165) is 12.8 Å². The van der Waals surface area contributed by atoms with Crippen molar-refractivity contribution in [3.8, 4) is 0 Å². The second-order valence-corrected chi connectivity index (χ2v) is 5.44. The minimum absolute atomic E-state index is 0.246. The molecule has 0 bridgehead atoms. The largest absolute Gasteiger partial charge is 0.328 e. The minimum atomic E-state index is -0.282. The molecule has 0 saturated heterocycles. The summed E-state index contributed by atoms with van der Waals surface area (Å²) in [5.41, 5.74) is 0.156. The van der Waals surface area contributed by atoms with E-state index in [0.29, 0.717) is 18.5 Å². The number of nitrogens with zero attached hydrogens (tertiary/aromatic N) is 1. The SMILES string of the molecule is CCCCCCCCCCn1cc(CC)c(=O)[nH]c1=O. The van der Waals surface area contributed by atoms with Gasteiger partial charge in [-0.15, -0.1) is 0 Å². The summed E-state index contributed by atoms with van der Waals surface area (Å²) in [6.45, 7) is 4.86. The third kappa shape index (κ3) is 5.76. The lowest BCUT2D eigenvalue weighted by Gasteiger charge is -2.06. The van der Waals surface area contributed by atoms with Gasteiger partial charge in [0.05, 0.1) is 0 Å². The zero-order valence-corrected chi connectivity index (χ0v) is 12.9. The molecule has 0 amide bonds. The van der Waals surface area contributed by atoms with Gasteiger partial charge in [-0.25, -0.2) is 4.79 Å². The minimum Gasteiger partial charge on any atom is -0.300 e. The Bertz CT molecular complexity index is 488. The van der Waals surface area contributed by atoms with Gasteiger partial charge >= 0.3 is 5.69 Å². The molecule has 1 aromatic heterocycles. The maximum atomic E-state index is 11.7. The van der Waals surface area contributed by atoms with Crippen LogP contribution in [0.1, 0.15) is 70.8 Å². The van der Waals surface area contributed by atoms with Gasteiger partial charge in [0.1, 0.15) is 0 Å². The molecule has 1 N–H and O–H groups in total. The normalized spacial score (nSPS) is 10.9. The van der Waals surface area contributed by atoms with Crippen molar-refractivity contribution in [1.29, 1.82) is 0 Å². The smallest absolute Gasteiger partial charge is 0.300 e. The van der Waals surface area contributed by atoms with Crippen LogP contribution in [0.15, 0.2) is 15.8 Å². The van der Waals surface area contributed by atoms with E-state index in [1.54, 1.807) is 10.8 Å². The van der Waals surface area contributed by atoms with Crippen LogP contribution in [0.5, 0.6) is 0 Å². The highest BCUT2D eigenvalue weighted by Crippen LogP contribution is 2.08. The zero-order valence-electron chi connectivity index (χ0n) is 12.9. The second-order valence-electron chi connectivity index (χ2n) is 5.44. The van der Waals surface area contributed by atoms with Gasteiger partial charge < -0.3 is 4.57 Å². The third-order valence-electron chi connectivity index (χ3n) is 3.72. The van der Waals surface area contributed by atoms with Crippen LogP contribution >= 0.6 is 0 Å². The number of H-pyrrole nitrogens is 1. The summed E-state index contributed by atoms with van der Waals surface area (Å²) in [5, 5.41) is 0. The maximum absolute atomic E-state index is 11.7. The Hall–Kier alpha value is -1.32. The Morgan fingerprint density at radius 1 is 0.950 bits per heavy atom. The highest BCUT2D eigenvalue weighted by molar-refractivity contribution is 5.03. The van der Waals surface area contributed by atoms with Gasteiger partial charge in [0.25, 0.3) is 5.56 Å². The fourth-order valence-electron chi connectivity index (χ4n) is 2.39. The van der Waals surface area contributed by atoms with E-state index in [9.17, 15) is 9.59 Å². The zero-order chi connectivity index (χ0) is 14.8. The average molecular weight is 280 g/mol. The number of aromatic amines is 1. The number of hydrogen-bond donors (Lipinski definition) is 1. The molecule has 1 heterocycles. The Kier molecular flexibility index (Phi) is 8.00. The first-order valence-corrected chi connectivity index (χ1v) is 8.01. The lowest BCUT2D eigenvalue weighted by atomic mass is 10.1. The van der Waals surface area contributed by atoms with E-state index in [-0.39, 0.29) is 11.2 Å². The molecule has 20 heavy (non-hydrogen) atoms. The number of aryl methyl sites for hydroxylation is 2. The Morgan fingerprint density at radius 2 is 1.55 bits per heavy atom. The van der Waals surface area contributed by atoms with Crippen molar-refractivity contribution in [3.05, 3.63) is 32.6 Å². The molecule has 4 heteroatoms. The van der Waals surface area contributed by atoms with Crippen LogP contribution in [0, 0.1) is 0 Å². The van der Waals surface area contributed by atoms with Crippen LogP contribution in [-0.4, -0.2) is 9.55 Å². The molecule has 0 radical (unpaired) electrons. The van der Waals surface area contributed by atoms with Crippen molar-refractivity contribution in [2.45, 2.75) is 78.2 Å². The molecule has 1 aromatic rings. The van der Waals surface area contributed by atoms with E-state index in [1.165, 1.54) is 38.5 Å². The Balaban J connectivity index is 2.28.